The molecule has 0 aliphatic carbocycles. The molecular formula is C14H23FN2O3S. The van der Waals surface area contributed by atoms with Crippen molar-refractivity contribution in [2.45, 2.75) is 44.6 Å². The predicted octanol–water partition coefficient (Wildman–Crippen LogP) is 1.79. The second-order valence-corrected chi connectivity index (χ2v) is 6.87. The Bertz CT molecular complexity index is 586. The summed E-state index contributed by atoms with van der Waals surface area (Å²) in [6, 6.07) is 2.18. The van der Waals surface area contributed by atoms with Crippen molar-refractivity contribution < 1.29 is 17.9 Å². The Balaban J connectivity index is 2.90. The fourth-order valence-corrected chi connectivity index (χ4v) is 3.29. The molecule has 0 spiro atoms. The molecule has 0 aliphatic rings. The van der Waals surface area contributed by atoms with E-state index in [9.17, 15) is 17.9 Å². The normalized spacial score (nSPS) is 13.6. The van der Waals surface area contributed by atoms with Gasteiger partial charge in [-0.2, -0.15) is 0 Å². The van der Waals surface area contributed by atoms with E-state index < -0.39 is 26.8 Å². The highest BCUT2D eigenvalue weighted by Crippen LogP contribution is 2.21. The van der Waals surface area contributed by atoms with Gasteiger partial charge in [0.05, 0.1) is 6.10 Å². The van der Waals surface area contributed by atoms with Crippen LogP contribution >= 0.6 is 0 Å². The van der Waals surface area contributed by atoms with Gasteiger partial charge < -0.3 is 10.8 Å². The Hall–Kier alpha value is -1.18. The molecule has 120 valence electrons. The Labute approximate surface area is 125 Å². The number of benzene rings is 1. The van der Waals surface area contributed by atoms with Gasteiger partial charge >= 0.3 is 0 Å². The molecule has 4 N–H and O–H groups in total. The van der Waals surface area contributed by atoms with Crippen LogP contribution in [0.1, 0.15) is 32.3 Å². The van der Waals surface area contributed by atoms with E-state index in [4.69, 9.17) is 5.73 Å². The number of aryl methyl sites for hydroxylation is 1. The minimum atomic E-state index is -4.04. The van der Waals surface area contributed by atoms with E-state index in [0.29, 0.717) is 5.56 Å². The number of rotatable bonds is 7. The molecule has 0 radical (unpaired) electrons. The van der Waals surface area contributed by atoms with E-state index in [1.807, 2.05) is 13.8 Å². The largest absolute Gasteiger partial charge is 0.398 e. The smallest absolute Gasteiger partial charge is 0.243 e. The lowest BCUT2D eigenvalue weighted by Gasteiger charge is -2.20. The SMILES string of the molecule is CCC(CC)C(O)CNS(=O)(=O)c1cc(N)c(C)cc1F. The maximum atomic E-state index is 13.8. The van der Waals surface area contributed by atoms with Gasteiger partial charge in [-0.05, 0) is 30.5 Å². The van der Waals surface area contributed by atoms with Crippen LogP contribution in [0.4, 0.5) is 10.1 Å². The molecule has 0 aromatic heterocycles. The molecule has 1 unspecified atom stereocenters. The first-order chi connectivity index (χ1) is 9.72. The van der Waals surface area contributed by atoms with Crippen molar-refractivity contribution in [1.29, 1.82) is 0 Å². The Morgan fingerprint density at radius 3 is 2.43 bits per heavy atom. The van der Waals surface area contributed by atoms with E-state index >= 15 is 0 Å². The fourth-order valence-electron chi connectivity index (χ4n) is 2.15. The van der Waals surface area contributed by atoms with Crippen molar-refractivity contribution in [3.63, 3.8) is 0 Å². The molecule has 1 rings (SSSR count). The summed E-state index contributed by atoms with van der Waals surface area (Å²) in [5, 5.41) is 9.94. The summed E-state index contributed by atoms with van der Waals surface area (Å²) >= 11 is 0. The molecule has 21 heavy (non-hydrogen) atoms. The van der Waals surface area contributed by atoms with Gasteiger partial charge in [0.25, 0.3) is 0 Å². The molecule has 0 saturated carbocycles. The van der Waals surface area contributed by atoms with Crippen LogP contribution in [0.25, 0.3) is 0 Å². The molecule has 0 amide bonds. The van der Waals surface area contributed by atoms with Crippen molar-refractivity contribution in [2.24, 2.45) is 5.92 Å². The summed E-state index contributed by atoms with van der Waals surface area (Å²) in [6.45, 7) is 5.29. The average molecular weight is 318 g/mol. The summed E-state index contributed by atoms with van der Waals surface area (Å²) in [4.78, 5) is -0.498. The lowest BCUT2D eigenvalue weighted by Crippen LogP contribution is -2.36. The molecule has 0 bridgehead atoms. The fraction of sp³-hybridized carbons (Fsp3) is 0.571. The van der Waals surface area contributed by atoms with Crippen molar-refractivity contribution in [2.75, 3.05) is 12.3 Å². The lowest BCUT2D eigenvalue weighted by molar-refractivity contribution is 0.107. The molecule has 1 aromatic carbocycles. The Kier molecular flexibility index (Phi) is 6.12. The molecule has 0 saturated heterocycles. The van der Waals surface area contributed by atoms with Crippen molar-refractivity contribution in [1.82, 2.24) is 4.72 Å². The summed E-state index contributed by atoms with van der Waals surface area (Å²) < 4.78 is 40.2. The molecule has 0 heterocycles. The summed E-state index contributed by atoms with van der Waals surface area (Å²) in [5.41, 5.74) is 6.31. The van der Waals surface area contributed by atoms with E-state index in [-0.39, 0.29) is 18.2 Å². The quantitative estimate of drug-likeness (QED) is 0.668. The third-order valence-corrected chi connectivity index (χ3v) is 5.12. The summed E-state index contributed by atoms with van der Waals surface area (Å²) in [6.07, 6.45) is 0.678. The van der Waals surface area contributed by atoms with Crippen LogP contribution in [0, 0.1) is 18.7 Å². The number of sulfonamides is 1. The molecule has 1 aromatic rings. The van der Waals surface area contributed by atoms with Gasteiger partial charge in [0.1, 0.15) is 10.7 Å². The molecule has 5 nitrogen and oxygen atoms in total. The monoisotopic (exact) mass is 318 g/mol. The molecular weight excluding hydrogens is 295 g/mol. The van der Waals surface area contributed by atoms with Gasteiger partial charge in [0.15, 0.2) is 0 Å². The average Bonchev–Trinajstić information content (AvgIpc) is 2.42. The first kappa shape index (κ1) is 17.9. The van der Waals surface area contributed by atoms with Crippen LogP contribution in [-0.2, 0) is 10.0 Å². The highest BCUT2D eigenvalue weighted by Gasteiger charge is 2.23. The number of hydrogen-bond donors (Lipinski definition) is 3. The highest BCUT2D eigenvalue weighted by molar-refractivity contribution is 7.89. The zero-order valence-corrected chi connectivity index (χ0v) is 13.4. The minimum Gasteiger partial charge on any atom is -0.398 e. The third kappa shape index (κ3) is 4.39. The number of nitrogens with one attached hydrogen (secondary N) is 1. The summed E-state index contributed by atoms with van der Waals surface area (Å²) in [5.74, 6) is -0.855. The van der Waals surface area contributed by atoms with Gasteiger partial charge in [-0.25, -0.2) is 17.5 Å². The predicted molar refractivity (Wildman–Crippen MR) is 80.8 cm³/mol. The van der Waals surface area contributed by atoms with Gasteiger partial charge in [-0.1, -0.05) is 26.7 Å². The van der Waals surface area contributed by atoms with Crippen molar-refractivity contribution in [3.8, 4) is 0 Å². The summed E-state index contributed by atoms with van der Waals surface area (Å²) in [7, 11) is -4.04. The molecule has 1 atom stereocenters. The zero-order valence-electron chi connectivity index (χ0n) is 12.6. The van der Waals surface area contributed by atoms with Crippen LogP contribution in [0.2, 0.25) is 0 Å². The number of halogens is 1. The highest BCUT2D eigenvalue weighted by atomic mass is 32.2. The van der Waals surface area contributed by atoms with E-state index in [0.717, 1.165) is 25.0 Å². The third-order valence-electron chi connectivity index (χ3n) is 3.69. The second-order valence-electron chi connectivity index (χ2n) is 5.14. The van der Waals surface area contributed by atoms with Crippen LogP contribution in [-0.4, -0.2) is 26.2 Å². The van der Waals surface area contributed by atoms with Gasteiger partial charge in [-0.3, -0.25) is 0 Å². The Morgan fingerprint density at radius 1 is 1.33 bits per heavy atom. The maximum absolute atomic E-state index is 13.8. The number of anilines is 1. The first-order valence-electron chi connectivity index (χ1n) is 6.96. The molecule has 0 aliphatic heterocycles. The number of hydrogen-bond acceptors (Lipinski definition) is 4. The van der Waals surface area contributed by atoms with Crippen LogP contribution in [0.3, 0.4) is 0 Å². The lowest BCUT2D eigenvalue weighted by atomic mass is 9.97. The first-order valence-corrected chi connectivity index (χ1v) is 8.44. The minimum absolute atomic E-state index is 0.000587. The molecule has 0 fully saturated rings. The number of aliphatic hydroxyl groups is 1. The molecule has 7 heteroatoms. The topological polar surface area (TPSA) is 92.4 Å². The number of nitrogen functional groups attached to an aromatic ring is 1. The van der Waals surface area contributed by atoms with Gasteiger partial charge in [-0.15, -0.1) is 0 Å². The van der Waals surface area contributed by atoms with Gasteiger partial charge in [0.2, 0.25) is 10.0 Å². The van der Waals surface area contributed by atoms with E-state index in [2.05, 4.69) is 4.72 Å². The van der Waals surface area contributed by atoms with Crippen molar-refractivity contribution in [3.05, 3.63) is 23.5 Å². The van der Waals surface area contributed by atoms with Crippen LogP contribution in [0.5, 0.6) is 0 Å². The standard InChI is InChI=1S/C14H23FN2O3S/c1-4-10(5-2)13(18)8-17-21(19,20)14-7-12(16)9(3)6-11(14)15/h6-7,10,13,17-18H,4-5,8,16H2,1-3H3. The second kappa shape index (κ2) is 7.20. The maximum Gasteiger partial charge on any atom is 0.243 e. The zero-order chi connectivity index (χ0) is 16.2. The van der Waals surface area contributed by atoms with Crippen LogP contribution in [0.15, 0.2) is 17.0 Å². The Morgan fingerprint density at radius 2 is 1.90 bits per heavy atom. The van der Waals surface area contributed by atoms with Crippen molar-refractivity contribution >= 4 is 15.7 Å². The van der Waals surface area contributed by atoms with Crippen LogP contribution < -0.4 is 10.5 Å². The van der Waals surface area contributed by atoms with E-state index in [1.54, 1.807) is 6.92 Å². The number of aliphatic hydroxyl groups excluding tert-OH is 1. The van der Waals surface area contributed by atoms with E-state index in [1.165, 1.54) is 0 Å². The number of nitrogens with two attached hydrogens (primary N) is 1. The van der Waals surface area contributed by atoms with Gasteiger partial charge in [0, 0.05) is 12.2 Å².